The number of hydrogen-bond acceptors (Lipinski definition) is 9. The molecule has 1 saturated heterocycles. The van der Waals surface area contributed by atoms with Gasteiger partial charge in [-0.1, -0.05) is 6.07 Å². The molecule has 2 atom stereocenters. The SMILES string of the molecule is COCOc1cc(-c2ncc3c(=O)[nH]c(OCC(F)(F)F)nc3c2F)c2c(CCCOC(=O)N[C@@]3(C)CNC[C@H](F)C3)c(F)ccc2c1. The Hall–Kier alpha value is -4.64. The number of hydrogen-bond donors (Lipinski definition) is 3. The van der Waals surface area contributed by atoms with Crippen LogP contribution in [0, 0.1) is 11.6 Å². The Morgan fingerprint density at radius 2 is 1.98 bits per heavy atom. The molecule has 3 N–H and O–H groups in total. The van der Waals surface area contributed by atoms with Crippen LogP contribution >= 0.6 is 0 Å². The maximum absolute atomic E-state index is 16.2. The number of nitrogens with one attached hydrogen (secondary N) is 3. The van der Waals surface area contributed by atoms with Gasteiger partial charge in [0.2, 0.25) is 0 Å². The van der Waals surface area contributed by atoms with E-state index in [2.05, 4.69) is 25.3 Å². The first-order valence-electron chi connectivity index (χ1n) is 14.7. The Kier molecular flexibility index (Phi) is 10.3. The lowest BCUT2D eigenvalue weighted by Gasteiger charge is -2.36. The van der Waals surface area contributed by atoms with Gasteiger partial charge in [0.25, 0.3) is 11.6 Å². The van der Waals surface area contributed by atoms with Crippen molar-refractivity contribution in [3.63, 3.8) is 0 Å². The third-order valence-corrected chi connectivity index (χ3v) is 7.55. The van der Waals surface area contributed by atoms with E-state index < -0.39 is 65.0 Å². The van der Waals surface area contributed by atoms with Gasteiger partial charge in [-0.3, -0.25) is 14.8 Å². The van der Waals surface area contributed by atoms with Crippen molar-refractivity contribution in [3.05, 3.63) is 58.0 Å². The van der Waals surface area contributed by atoms with Crippen molar-refractivity contribution in [3.8, 4) is 23.0 Å². The van der Waals surface area contributed by atoms with E-state index in [-0.39, 0.29) is 66.9 Å². The lowest BCUT2D eigenvalue weighted by atomic mass is 9.91. The van der Waals surface area contributed by atoms with Crippen molar-refractivity contribution in [2.45, 2.75) is 44.1 Å². The van der Waals surface area contributed by atoms with E-state index in [0.29, 0.717) is 11.9 Å². The highest BCUT2D eigenvalue weighted by atomic mass is 19.4. The second kappa shape index (κ2) is 14.2. The summed E-state index contributed by atoms with van der Waals surface area (Å²) in [5.41, 5.74) is -2.75. The number of aromatic amines is 1. The zero-order valence-electron chi connectivity index (χ0n) is 25.7. The average molecular weight is 684 g/mol. The van der Waals surface area contributed by atoms with Crippen molar-refractivity contribution in [1.82, 2.24) is 25.6 Å². The van der Waals surface area contributed by atoms with E-state index in [4.69, 9.17) is 14.2 Å². The summed E-state index contributed by atoms with van der Waals surface area (Å²) in [7, 11) is 1.38. The second-order valence-corrected chi connectivity index (χ2v) is 11.5. The number of halogens is 6. The quantitative estimate of drug-likeness (QED) is 0.112. The molecular weight excluding hydrogens is 652 g/mol. The van der Waals surface area contributed by atoms with E-state index in [1.807, 2.05) is 4.98 Å². The summed E-state index contributed by atoms with van der Waals surface area (Å²) in [5.74, 6) is -1.66. The van der Waals surface area contributed by atoms with Crippen molar-refractivity contribution in [1.29, 1.82) is 0 Å². The zero-order valence-corrected chi connectivity index (χ0v) is 25.7. The molecule has 17 heteroatoms. The monoisotopic (exact) mass is 683 g/mol. The number of aromatic nitrogens is 3. The highest BCUT2D eigenvalue weighted by molar-refractivity contribution is 6.01. The average Bonchev–Trinajstić information content (AvgIpc) is 3.01. The van der Waals surface area contributed by atoms with E-state index in [9.17, 15) is 27.2 Å². The van der Waals surface area contributed by atoms with Crippen molar-refractivity contribution < 1.29 is 50.1 Å². The number of amides is 1. The van der Waals surface area contributed by atoms with Crippen LogP contribution in [0.5, 0.6) is 11.8 Å². The number of methoxy groups -OCH3 is 1. The Morgan fingerprint density at radius 3 is 2.71 bits per heavy atom. The summed E-state index contributed by atoms with van der Waals surface area (Å²) in [6.45, 7) is 0.123. The molecule has 1 aliphatic heterocycles. The molecule has 0 saturated carbocycles. The minimum absolute atomic E-state index is 0.00958. The van der Waals surface area contributed by atoms with Crippen LogP contribution in [0.1, 0.15) is 25.3 Å². The van der Waals surface area contributed by atoms with Gasteiger partial charge in [-0.05, 0) is 54.3 Å². The first kappa shape index (κ1) is 34.7. The molecule has 1 fully saturated rings. The van der Waals surface area contributed by atoms with Gasteiger partial charge < -0.3 is 29.6 Å². The third-order valence-electron chi connectivity index (χ3n) is 7.55. The normalized spacial score (nSPS) is 18.2. The van der Waals surface area contributed by atoms with Crippen LogP contribution < -0.4 is 25.7 Å². The molecule has 1 amide bonds. The van der Waals surface area contributed by atoms with Gasteiger partial charge in [-0.25, -0.2) is 18.0 Å². The highest BCUT2D eigenvalue weighted by Gasteiger charge is 2.34. The molecule has 0 bridgehead atoms. The van der Waals surface area contributed by atoms with E-state index in [1.165, 1.54) is 25.3 Å². The number of rotatable bonds is 11. The predicted molar refractivity (Wildman–Crippen MR) is 161 cm³/mol. The number of ether oxygens (including phenoxy) is 4. The number of carbonyl (C=O) groups is 1. The molecule has 0 radical (unpaired) electrons. The van der Waals surface area contributed by atoms with Crippen LogP contribution in [-0.2, 0) is 15.9 Å². The lowest BCUT2D eigenvalue weighted by Crippen LogP contribution is -2.58. The van der Waals surface area contributed by atoms with E-state index in [1.54, 1.807) is 13.0 Å². The number of fused-ring (bicyclic) bond motifs is 2. The molecule has 2 aromatic heterocycles. The van der Waals surface area contributed by atoms with Gasteiger partial charge in [0.1, 0.15) is 28.9 Å². The number of H-pyrrole nitrogens is 1. The Balaban J connectivity index is 1.48. The number of carbonyl (C=O) groups excluding carboxylic acids is 1. The number of piperidine rings is 1. The number of aryl methyl sites for hydroxylation is 1. The largest absolute Gasteiger partial charge is 0.468 e. The third kappa shape index (κ3) is 8.07. The number of benzene rings is 2. The van der Waals surface area contributed by atoms with Crippen LogP contribution in [0.25, 0.3) is 32.9 Å². The Bertz CT molecular complexity index is 1870. The van der Waals surface area contributed by atoms with Crippen LogP contribution in [0.4, 0.5) is 31.1 Å². The number of alkyl carbamates (subject to hydrolysis) is 1. The molecule has 0 unspecified atom stereocenters. The molecule has 2 aromatic carbocycles. The number of nitrogens with zero attached hydrogens (tertiary/aromatic N) is 2. The van der Waals surface area contributed by atoms with Gasteiger partial charge in [-0.2, -0.15) is 18.2 Å². The fourth-order valence-corrected chi connectivity index (χ4v) is 5.51. The summed E-state index contributed by atoms with van der Waals surface area (Å²) in [6, 6.07) is 4.71. The smallest absolute Gasteiger partial charge is 0.422 e. The zero-order chi connectivity index (χ0) is 34.6. The molecule has 0 spiro atoms. The highest BCUT2D eigenvalue weighted by Crippen LogP contribution is 2.38. The fourth-order valence-electron chi connectivity index (χ4n) is 5.51. The fraction of sp³-hybridized carbons (Fsp3) is 0.419. The van der Waals surface area contributed by atoms with Crippen LogP contribution in [0.2, 0.25) is 0 Å². The van der Waals surface area contributed by atoms with Gasteiger partial charge in [-0.15, -0.1) is 0 Å². The summed E-state index contributed by atoms with van der Waals surface area (Å²) < 4.78 is 104. The molecular formula is C31H31F6N5O6. The molecule has 48 heavy (non-hydrogen) atoms. The first-order valence-corrected chi connectivity index (χ1v) is 14.7. The molecule has 3 heterocycles. The summed E-state index contributed by atoms with van der Waals surface area (Å²) in [6.07, 6.45) is -5.41. The molecule has 5 rings (SSSR count). The molecule has 0 aliphatic carbocycles. The predicted octanol–water partition coefficient (Wildman–Crippen LogP) is 5.09. The molecule has 258 valence electrons. The lowest BCUT2D eigenvalue weighted by molar-refractivity contribution is -0.154. The van der Waals surface area contributed by atoms with Gasteiger partial charge >= 0.3 is 12.3 Å². The molecule has 1 aliphatic rings. The second-order valence-electron chi connectivity index (χ2n) is 11.5. The van der Waals surface area contributed by atoms with E-state index >= 15 is 8.78 Å². The van der Waals surface area contributed by atoms with Crippen LogP contribution in [-0.4, -0.2) is 79.1 Å². The standard InChI is InChI=1S/C31H31F6N5O6/c1-30(10-17(32)11-38-13-30)42-29(44)46-7-3-4-19-22(33)6-5-16-8-18(48-15-45-2)9-20(23(16)19)25-24(34)26-21(12-39-25)27(43)41-28(40-26)47-14-31(35,36)37/h5-6,8-9,12,17,38H,3-4,7,10-11,13-15H2,1-2H3,(H,42,44)(H,40,41,43)/t17-,30-/m1/s1. The van der Waals surface area contributed by atoms with Crippen molar-refractivity contribution in [2.75, 3.05) is 40.2 Å². The van der Waals surface area contributed by atoms with Crippen molar-refractivity contribution in [2.24, 2.45) is 0 Å². The maximum atomic E-state index is 16.2. The number of alkyl halides is 4. The van der Waals surface area contributed by atoms with Gasteiger partial charge in [0, 0.05) is 38.4 Å². The molecule has 4 aromatic rings. The minimum atomic E-state index is -4.75. The van der Waals surface area contributed by atoms with Gasteiger partial charge in [0.15, 0.2) is 19.2 Å². The van der Waals surface area contributed by atoms with Gasteiger partial charge in [0.05, 0.1) is 17.5 Å². The van der Waals surface area contributed by atoms with Crippen LogP contribution in [0.15, 0.2) is 35.3 Å². The minimum Gasteiger partial charge on any atom is -0.468 e. The van der Waals surface area contributed by atoms with Crippen LogP contribution in [0.3, 0.4) is 0 Å². The summed E-state index contributed by atoms with van der Waals surface area (Å²) in [5, 5.41) is 5.81. The topological polar surface area (TPSA) is 137 Å². The Morgan fingerprint density at radius 1 is 1.19 bits per heavy atom. The maximum Gasteiger partial charge on any atom is 0.422 e. The van der Waals surface area contributed by atoms with E-state index in [0.717, 1.165) is 6.20 Å². The molecule has 11 nitrogen and oxygen atoms in total. The number of pyridine rings is 1. The first-order chi connectivity index (χ1) is 22.8. The van der Waals surface area contributed by atoms with Crippen molar-refractivity contribution >= 4 is 27.8 Å². The Labute approximate surface area is 268 Å². The summed E-state index contributed by atoms with van der Waals surface area (Å²) >= 11 is 0. The summed E-state index contributed by atoms with van der Waals surface area (Å²) in [4.78, 5) is 34.8.